The van der Waals surface area contributed by atoms with Crippen molar-refractivity contribution in [2.45, 2.75) is 65.3 Å². The third kappa shape index (κ3) is 7.83. The molecule has 0 aromatic carbocycles. The molecule has 0 radical (unpaired) electrons. The average Bonchev–Trinajstić information content (AvgIpc) is 2.38. The molecule has 3 amide bonds. The lowest BCUT2D eigenvalue weighted by atomic mass is 10.0. The Hall–Kier alpha value is -1.83. The molecular formula is C15H29N3O5. The molecule has 0 unspecified atom stereocenters. The van der Waals surface area contributed by atoms with Gasteiger partial charge in [-0.1, -0.05) is 13.8 Å². The Morgan fingerprint density at radius 2 is 1.48 bits per heavy atom. The molecule has 8 heteroatoms. The molecule has 0 aromatic rings. The van der Waals surface area contributed by atoms with E-state index in [0.29, 0.717) is 0 Å². The van der Waals surface area contributed by atoms with Crippen LogP contribution < -0.4 is 16.0 Å². The first-order valence-electron chi connectivity index (χ1n) is 7.58. The normalized spacial score (nSPS) is 15.3. The lowest BCUT2D eigenvalue weighted by Gasteiger charge is -2.27. The summed E-state index contributed by atoms with van der Waals surface area (Å²) in [7, 11) is 1.41. The number of hydrogen-bond donors (Lipinski definition) is 4. The first-order valence-corrected chi connectivity index (χ1v) is 7.58. The van der Waals surface area contributed by atoms with Crippen molar-refractivity contribution in [3.63, 3.8) is 0 Å². The highest BCUT2D eigenvalue weighted by atomic mass is 16.6. The molecular weight excluding hydrogens is 302 g/mol. The smallest absolute Gasteiger partial charge is 0.408 e. The van der Waals surface area contributed by atoms with Gasteiger partial charge in [-0.2, -0.15) is 0 Å². The fraction of sp³-hybridized carbons (Fsp3) is 0.800. The van der Waals surface area contributed by atoms with Gasteiger partial charge in [0.1, 0.15) is 17.7 Å². The van der Waals surface area contributed by atoms with Crippen LogP contribution in [-0.4, -0.2) is 53.9 Å². The molecule has 0 bridgehead atoms. The molecule has 0 rings (SSSR count). The third-order valence-electron chi connectivity index (χ3n) is 2.93. The third-order valence-corrected chi connectivity index (χ3v) is 2.93. The van der Waals surface area contributed by atoms with Crippen molar-refractivity contribution in [1.29, 1.82) is 0 Å². The fourth-order valence-electron chi connectivity index (χ4n) is 1.77. The van der Waals surface area contributed by atoms with Gasteiger partial charge >= 0.3 is 6.09 Å². The molecule has 0 fully saturated rings. The molecule has 3 atom stereocenters. The predicted molar refractivity (Wildman–Crippen MR) is 85.7 cm³/mol. The lowest BCUT2D eigenvalue weighted by molar-refractivity contribution is -0.132. The van der Waals surface area contributed by atoms with Crippen LogP contribution in [0.1, 0.15) is 41.5 Å². The van der Waals surface area contributed by atoms with Crippen LogP contribution >= 0.6 is 0 Å². The summed E-state index contributed by atoms with van der Waals surface area (Å²) in [4.78, 5) is 35.9. The van der Waals surface area contributed by atoms with Crippen LogP contribution in [0.3, 0.4) is 0 Å². The van der Waals surface area contributed by atoms with Crippen molar-refractivity contribution in [2.24, 2.45) is 5.92 Å². The molecule has 0 saturated heterocycles. The number of ether oxygens (including phenoxy) is 1. The fourth-order valence-corrected chi connectivity index (χ4v) is 1.77. The molecule has 0 aliphatic rings. The van der Waals surface area contributed by atoms with Gasteiger partial charge in [0.15, 0.2) is 0 Å². The number of hydrogen-bond acceptors (Lipinski definition) is 5. The predicted octanol–water partition coefficient (Wildman–Crippen LogP) is 0.147. The van der Waals surface area contributed by atoms with Crippen molar-refractivity contribution in [2.75, 3.05) is 7.05 Å². The Labute approximate surface area is 137 Å². The van der Waals surface area contributed by atoms with Crippen molar-refractivity contribution < 1.29 is 24.2 Å². The number of aliphatic hydroxyl groups excluding tert-OH is 1. The topological polar surface area (TPSA) is 117 Å². The van der Waals surface area contributed by atoms with Crippen LogP contribution in [-0.2, 0) is 14.3 Å². The van der Waals surface area contributed by atoms with Crippen LogP contribution in [0.25, 0.3) is 0 Å². The van der Waals surface area contributed by atoms with Crippen LogP contribution in [0, 0.1) is 5.92 Å². The largest absolute Gasteiger partial charge is 0.444 e. The van der Waals surface area contributed by atoms with E-state index in [1.807, 2.05) is 0 Å². The van der Waals surface area contributed by atoms with E-state index in [9.17, 15) is 19.5 Å². The van der Waals surface area contributed by atoms with Gasteiger partial charge in [-0.3, -0.25) is 9.59 Å². The minimum atomic E-state index is -1.10. The Morgan fingerprint density at radius 1 is 0.957 bits per heavy atom. The summed E-state index contributed by atoms with van der Waals surface area (Å²) < 4.78 is 5.13. The second-order valence-corrected chi connectivity index (χ2v) is 6.71. The van der Waals surface area contributed by atoms with Crippen molar-refractivity contribution in [3.05, 3.63) is 0 Å². The van der Waals surface area contributed by atoms with E-state index in [-0.39, 0.29) is 5.92 Å². The van der Waals surface area contributed by atoms with Crippen molar-refractivity contribution in [3.8, 4) is 0 Å². The van der Waals surface area contributed by atoms with Crippen LogP contribution in [0.15, 0.2) is 0 Å². The van der Waals surface area contributed by atoms with Gasteiger partial charge in [0.2, 0.25) is 11.8 Å². The minimum Gasteiger partial charge on any atom is -0.444 e. The van der Waals surface area contributed by atoms with E-state index in [4.69, 9.17) is 4.74 Å². The van der Waals surface area contributed by atoms with Gasteiger partial charge in [0, 0.05) is 7.05 Å². The number of nitrogens with one attached hydrogen (secondary N) is 3. The first-order chi connectivity index (χ1) is 10.4. The van der Waals surface area contributed by atoms with Gasteiger partial charge in [-0.25, -0.2) is 4.79 Å². The average molecular weight is 331 g/mol. The van der Waals surface area contributed by atoms with Crippen molar-refractivity contribution in [1.82, 2.24) is 16.0 Å². The number of carbonyl (C=O) groups excluding carboxylic acids is 3. The monoisotopic (exact) mass is 331 g/mol. The summed E-state index contributed by atoms with van der Waals surface area (Å²) in [6, 6.07) is -2.00. The highest BCUT2D eigenvalue weighted by Crippen LogP contribution is 2.09. The maximum atomic E-state index is 12.3. The number of alkyl carbamates (subject to hydrolysis) is 1. The summed E-state index contributed by atoms with van der Waals surface area (Å²) in [5, 5.41) is 16.9. The van der Waals surface area contributed by atoms with Crippen LogP contribution in [0.4, 0.5) is 4.79 Å². The SMILES string of the molecule is CNC(=O)[C@@H](NC(=O)[C@@H](NC(=O)OC(C)(C)C)C(C)C)[C@@H](C)O. The summed E-state index contributed by atoms with van der Waals surface area (Å²) >= 11 is 0. The highest BCUT2D eigenvalue weighted by molar-refractivity contribution is 5.91. The molecule has 23 heavy (non-hydrogen) atoms. The summed E-state index contributed by atoms with van der Waals surface area (Å²) in [5.74, 6) is -1.32. The molecule has 0 aromatic heterocycles. The van der Waals surface area contributed by atoms with E-state index in [0.717, 1.165) is 0 Å². The molecule has 0 saturated carbocycles. The van der Waals surface area contributed by atoms with E-state index < -0.39 is 41.7 Å². The van der Waals surface area contributed by atoms with Gasteiger partial charge in [-0.05, 0) is 33.6 Å². The molecule has 4 N–H and O–H groups in total. The zero-order valence-corrected chi connectivity index (χ0v) is 14.9. The lowest BCUT2D eigenvalue weighted by Crippen LogP contribution is -2.58. The maximum Gasteiger partial charge on any atom is 0.408 e. The highest BCUT2D eigenvalue weighted by Gasteiger charge is 2.31. The zero-order chi connectivity index (χ0) is 18.4. The van der Waals surface area contributed by atoms with E-state index in [1.54, 1.807) is 34.6 Å². The van der Waals surface area contributed by atoms with Gasteiger partial charge in [0.05, 0.1) is 6.10 Å². The van der Waals surface area contributed by atoms with Crippen molar-refractivity contribution >= 4 is 17.9 Å². The quantitative estimate of drug-likeness (QED) is 0.553. The molecule has 8 nitrogen and oxygen atoms in total. The van der Waals surface area contributed by atoms with E-state index in [2.05, 4.69) is 16.0 Å². The van der Waals surface area contributed by atoms with E-state index in [1.165, 1.54) is 14.0 Å². The second kappa shape index (κ2) is 8.71. The molecule has 0 heterocycles. The molecule has 0 aliphatic heterocycles. The minimum absolute atomic E-state index is 0.234. The number of rotatable bonds is 6. The summed E-state index contributed by atoms with van der Waals surface area (Å²) in [6.07, 6.45) is -1.80. The first kappa shape index (κ1) is 21.2. The number of carbonyl (C=O) groups is 3. The zero-order valence-electron chi connectivity index (χ0n) is 14.9. The molecule has 134 valence electrons. The van der Waals surface area contributed by atoms with Gasteiger partial charge in [0.25, 0.3) is 0 Å². The molecule has 0 spiro atoms. The summed E-state index contributed by atoms with van der Waals surface area (Å²) in [5.41, 5.74) is -0.688. The Bertz CT molecular complexity index is 429. The Morgan fingerprint density at radius 3 is 1.83 bits per heavy atom. The number of likely N-dealkylation sites (N-methyl/N-ethyl adjacent to an activating group) is 1. The number of aliphatic hydroxyl groups is 1. The standard InChI is InChI=1S/C15H29N3O5/c1-8(2)10(18-14(22)23-15(4,5)6)13(21)17-11(9(3)19)12(20)16-7/h8-11,19H,1-7H3,(H,16,20)(H,17,21)(H,18,22)/t9-,10+,11+/m1/s1. The summed E-state index contributed by atoms with van der Waals surface area (Å²) in [6.45, 7) is 10.0. The van der Waals surface area contributed by atoms with E-state index >= 15 is 0 Å². The maximum absolute atomic E-state index is 12.3. The Kier molecular flexibility index (Phi) is 8.02. The number of amides is 3. The van der Waals surface area contributed by atoms with Crippen LogP contribution in [0.2, 0.25) is 0 Å². The van der Waals surface area contributed by atoms with Gasteiger partial charge < -0.3 is 25.8 Å². The van der Waals surface area contributed by atoms with Crippen LogP contribution in [0.5, 0.6) is 0 Å². The Balaban J connectivity index is 4.99. The molecule has 0 aliphatic carbocycles. The second-order valence-electron chi connectivity index (χ2n) is 6.71. The van der Waals surface area contributed by atoms with Gasteiger partial charge in [-0.15, -0.1) is 0 Å².